The summed E-state index contributed by atoms with van der Waals surface area (Å²) in [5.41, 5.74) is 2.63. The highest BCUT2D eigenvalue weighted by Gasteiger charge is 2.20. The van der Waals surface area contributed by atoms with E-state index in [1.807, 2.05) is 30.3 Å². The van der Waals surface area contributed by atoms with Crippen LogP contribution in [0.3, 0.4) is 0 Å². The van der Waals surface area contributed by atoms with Crippen LogP contribution in [0, 0.1) is 0 Å². The molecule has 24 heavy (non-hydrogen) atoms. The van der Waals surface area contributed by atoms with Crippen LogP contribution in [-0.2, 0) is 13.9 Å². The lowest BCUT2D eigenvalue weighted by Crippen LogP contribution is -2.18. The summed E-state index contributed by atoms with van der Waals surface area (Å²) in [6.45, 7) is 0.652. The van der Waals surface area contributed by atoms with Gasteiger partial charge in [0.15, 0.2) is 0 Å². The van der Waals surface area contributed by atoms with Crippen LogP contribution in [0.5, 0.6) is 5.75 Å². The molecule has 1 aliphatic rings. The van der Waals surface area contributed by atoms with Crippen LogP contribution in [-0.4, -0.2) is 30.0 Å². The molecule has 0 spiro atoms. The molecule has 1 aromatic rings. The lowest BCUT2D eigenvalue weighted by Gasteiger charge is -2.10. The van der Waals surface area contributed by atoms with Gasteiger partial charge in [-0.3, -0.25) is 10.0 Å². The zero-order chi connectivity index (χ0) is 17.2. The molecule has 1 fully saturated rings. The fourth-order valence-electron chi connectivity index (χ4n) is 2.11. The van der Waals surface area contributed by atoms with Crippen LogP contribution in [0.15, 0.2) is 29.4 Å². The van der Waals surface area contributed by atoms with Crippen molar-refractivity contribution in [2.24, 2.45) is 0 Å². The Morgan fingerprint density at radius 3 is 2.75 bits per heavy atom. The van der Waals surface area contributed by atoms with Crippen molar-refractivity contribution in [3.63, 3.8) is 0 Å². The summed E-state index contributed by atoms with van der Waals surface area (Å²) >= 11 is 1.18. The second-order valence-electron chi connectivity index (χ2n) is 5.24. The summed E-state index contributed by atoms with van der Waals surface area (Å²) in [6.07, 6.45) is 5.78. The van der Waals surface area contributed by atoms with Gasteiger partial charge in [0.1, 0.15) is 5.75 Å². The molecule has 7 nitrogen and oxygen atoms in total. The number of rotatable bonds is 9. The molecule has 0 bridgehead atoms. The second-order valence-corrected chi connectivity index (χ2v) is 5.96. The summed E-state index contributed by atoms with van der Waals surface area (Å²) in [5, 5.41) is 10.5. The lowest BCUT2D eigenvalue weighted by atomic mass is 10.1. The van der Waals surface area contributed by atoms with Gasteiger partial charge in [0.2, 0.25) is 11.0 Å². The monoisotopic (exact) mass is 354 g/mol. The molecule has 0 aliphatic carbocycles. The molecule has 1 aliphatic heterocycles. The number of carbonyl (C=O) groups excluding carboxylic acids is 1. The zero-order valence-electron chi connectivity index (χ0n) is 13.6. The van der Waals surface area contributed by atoms with E-state index < -0.39 is 0 Å². The van der Waals surface area contributed by atoms with Crippen LogP contribution < -0.4 is 10.2 Å². The topological polar surface area (TPSA) is 80.3 Å². The van der Waals surface area contributed by atoms with Gasteiger partial charge >= 0.3 is 0 Å². The third kappa shape index (κ3) is 6.40. The first-order valence-corrected chi connectivity index (χ1v) is 8.54. The molecule has 0 radical (unpaired) electrons. The third-order valence-electron chi connectivity index (χ3n) is 3.41. The number of hydrogen-bond donors (Lipinski definition) is 2. The average Bonchev–Trinajstić information content (AvgIpc) is 3.05. The van der Waals surface area contributed by atoms with Crippen molar-refractivity contribution in [2.45, 2.75) is 32.1 Å². The van der Waals surface area contributed by atoms with Crippen molar-refractivity contribution < 1.29 is 23.9 Å². The number of benzene rings is 1. The standard InChI is InChI=1S/C16H22N2O5S/c1-21-14-9-7-13(8-10-14)12-16-22-18(23-24-16)11-5-3-2-4-6-15(19)17-20/h7-10,12,20H,2-6,11H2,1H3,(H,17,19)/b16-12-. The molecule has 0 aromatic heterocycles. The van der Waals surface area contributed by atoms with E-state index in [0.717, 1.165) is 37.0 Å². The van der Waals surface area contributed by atoms with Crippen molar-refractivity contribution in [3.05, 3.63) is 34.9 Å². The number of methoxy groups -OCH3 is 1. The normalized spacial score (nSPS) is 16.2. The highest BCUT2D eigenvalue weighted by atomic mass is 32.2. The molecular formula is C16H22N2O5S. The van der Waals surface area contributed by atoms with Gasteiger partial charge in [-0.1, -0.05) is 25.0 Å². The van der Waals surface area contributed by atoms with Gasteiger partial charge in [0.25, 0.3) is 0 Å². The maximum Gasteiger partial charge on any atom is 0.243 e. The molecule has 1 heterocycles. The maximum absolute atomic E-state index is 10.9. The Kier molecular flexibility index (Phi) is 7.90. The van der Waals surface area contributed by atoms with E-state index in [0.29, 0.717) is 18.1 Å². The predicted molar refractivity (Wildman–Crippen MR) is 90.5 cm³/mol. The quantitative estimate of drug-likeness (QED) is 0.305. The average molecular weight is 354 g/mol. The van der Waals surface area contributed by atoms with Gasteiger partial charge in [-0.25, -0.2) is 5.48 Å². The van der Waals surface area contributed by atoms with Gasteiger partial charge in [-0.15, -0.1) is 0 Å². The largest absolute Gasteiger partial charge is 0.497 e. The summed E-state index contributed by atoms with van der Waals surface area (Å²) in [6, 6.07) is 7.67. The SMILES string of the molecule is COc1ccc(/C=C2/ON(CCCCCCC(=O)NO)OS2)cc1. The molecule has 1 saturated heterocycles. The Balaban J connectivity index is 1.63. The molecule has 0 saturated carbocycles. The number of unbranched alkanes of at least 4 members (excludes halogenated alkanes) is 3. The van der Waals surface area contributed by atoms with E-state index in [9.17, 15) is 4.79 Å². The molecule has 1 aromatic carbocycles. The molecule has 132 valence electrons. The van der Waals surface area contributed by atoms with Crippen LogP contribution in [0.2, 0.25) is 0 Å². The van der Waals surface area contributed by atoms with Gasteiger partial charge < -0.3 is 9.57 Å². The number of nitrogens with one attached hydrogen (secondary N) is 1. The van der Waals surface area contributed by atoms with E-state index in [1.54, 1.807) is 12.6 Å². The minimum absolute atomic E-state index is 0.342. The maximum atomic E-state index is 10.9. The van der Waals surface area contributed by atoms with E-state index in [2.05, 4.69) is 0 Å². The zero-order valence-corrected chi connectivity index (χ0v) is 14.4. The van der Waals surface area contributed by atoms with Crippen molar-refractivity contribution in [2.75, 3.05) is 13.7 Å². The Morgan fingerprint density at radius 1 is 1.29 bits per heavy atom. The van der Waals surface area contributed by atoms with Gasteiger partial charge in [0.05, 0.1) is 25.7 Å². The number of ether oxygens (including phenoxy) is 1. The van der Waals surface area contributed by atoms with Crippen LogP contribution in [0.1, 0.15) is 37.7 Å². The number of nitrogens with zero attached hydrogens (tertiary/aromatic N) is 1. The number of hydroxylamine groups is 3. The van der Waals surface area contributed by atoms with E-state index in [4.69, 9.17) is 19.1 Å². The van der Waals surface area contributed by atoms with E-state index in [-0.39, 0.29) is 5.91 Å². The molecule has 0 atom stereocenters. The minimum Gasteiger partial charge on any atom is -0.497 e. The van der Waals surface area contributed by atoms with E-state index in [1.165, 1.54) is 17.3 Å². The smallest absolute Gasteiger partial charge is 0.243 e. The van der Waals surface area contributed by atoms with Gasteiger partial charge in [0, 0.05) is 6.42 Å². The first-order valence-electron chi connectivity index (χ1n) is 7.80. The van der Waals surface area contributed by atoms with Crippen LogP contribution >= 0.6 is 12.0 Å². The number of carbonyl (C=O) groups is 1. The highest BCUT2D eigenvalue weighted by molar-refractivity contribution is 7.98. The summed E-state index contributed by atoms with van der Waals surface area (Å²) in [5.74, 6) is 0.470. The first kappa shape index (κ1) is 18.6. The first-order chi connectivity index (χ1) is 11.7. The van der Waals surface area contributed by atoms with Crippen LogP contribution in [0.4, 0.5) is 0 Å². The fourth-order valence-corrected chi connectivity index (χ4v) is 2.67. The molecule has 0 unspecified atom stereocenters. The molecule has 1 amide bonds. The number of hydrogen-bond acceptors (Lipinski definition) is 7. The van der Waals surface area contributed by atoms with Crippen molar-refractivity contribution in [1.82, 2.24) is 10.7 Å². The number of amides is 1. The summed E-state index contributed by atoms with van der Waals surface area (Å²) in [7, 11) is 1.64. The predicted octanol–water partition coefficient (Wildman–Crippen LogP) is 3.28. The molecular weight excluding hydrogens is 332 g/mol. The Morgan fingerprint density at radius 2 is 2.04 bits per heavy atom. The molecule has 2 rings (SSSR count). The lowest BCUT2D eigenvalue weighted by molar-refractivity contribution is -0.259. The Bertz CT molecular complexity index is 550. The van der Waals surface area contributed by atoms with Crippen molar-refractivity contribution in [1.29, 1.82) is 0 Å². The second kappa shape index (κ2) is 10.2. The van der Waals surface area contributed by atoms with E-state index >= 15 is 0 Å². The molecule has 8 heteroatoms. The Hall–Kier alpha value is -1.74. The fraction of sp³-hybridized carbons (Fsp3) is 0.438. The third-order valence-corrected chi connectivity index (χ3v) is 4.01. The van der Waals surface area contributed by atoms with Crippen molar-refractivity contribution in [3.8, 4) is 5.75 Å². The van der Waals surface area contributed by atoms with Crippen molar-refractivity contribution >= 4 is 24.0 Å². The van der Waals surface area contributed by atoms with Gasteiger partial charge in [-0.2, -0.15) is 4.28 Å². The highest BCUT2D eigenvalue weighted by Crippen LogP contribution is 2.31. The Labute approximate surface area is 145 Å². The van der Waals surface area contributed by atoms with Gasteiger partial charge in [-0.05, 0) is 41.8 Å². The summed E-state index contributed by atoms with van der Waals surface area (Å²) < 4.78 is 10.5. The summed E-state index contributed by atoms with van der Waals surface area (Å²) in [4.78, 5) is 16.4. The van der Waals surface area contributed by atoms with Crippen LogP contribution in [0.25, 0.3) is 6.08 Å². The minimum atomic E-state index is -0.342. The molecule has 2 N–H and O–H groups in total.